The number of aromatic nitrogens is 1. The number of esters is 2. The molecule has 1 atom stereocenters. The van der Waals surface area contributed by atoms with E-state index in [1.54, 1.807) is 24.4 Å². The highest BCUT2D eigenvalue weighted by molar-refractivity contribution is 7.14. The van der Waals surface area contributed by atoms with Gasteiger partial charge in [-0.05, 0) is 41.8 Å². The molecule has 1 aliphatic heterocycles. The van der Waals surface area contributed by atoms with E-state index in [0.29, 0.717) is 34.3 Å². The molecule has 1 aromatic carbocycles. The molecule has 6 nitrogen and oxygen atoms in total. The second-order valence-electron chi connectivity index (χ2n) is 6.81. The number of carbonyl (C=O) groups is 2. The van der Waals surface area contributed by atoms with Crippen molar-refractivity contribution in [1.29, 1.82) is 0 Å². The number of carbonyl (C=O) groups excluding carboxylic acids is 2. The van der Waals surface area contributed by atoms with Crippen molar-refractivity contribution in [3.8, 4) is 5.06 Å². The summed E-state index contributed by atoms with van der Waals surface area (Å²) < 4.78 is 10.6. The van der Waals surface area contributed by atoms with Crippen molar-refractivity contribution in [1.82, 2.24) is 9.88 Å². The van der Waals surface area contributed by atoms with Crippen LogP contribution in [0.25, 0.3) is 0 Å². The maximum Gasteiger partial charge on any atom is 0.345 e. The predicted molar refractivity (Wildman–Crippen MR) is 114 cm³/mol. The molecule has 0 radical (unpaired) electrons. The van der Waals surface area contributed by atoms with Crippen LogP contribution in [0.3, 0.4) is 0 Å². The monoisotopic (exact) mass is 442 g/mol. The van der Waals surface area contributed by atoms with Crippen LogP contribution in [0.4, 0.5) is 0 Å². The van der Waals surface area contributed by atoms with E-state index < -0.39 is 12.0 Å². The number of rotatable bonds is 5. The normalized spacial score (nSPS) is 14.6. The second kappa shape index (κ2) is 8.95. The van der Waals surface area contributed by atoms with Crippen LogP contribution in [0.2, 0.25) is 5.02 Å². The van der Waals surface area contributed by atoms with Gasteiger partial charge in [0.1, 0.15) is 6.04 Å². The molecule has 30 heavy (non-hydrogen) atoms. The fourth-order valence-electron chi connectivity index (χ4n) is 3.51. The highest BCUT2D eigenvalue weighted by atomic mass is 35.5. The standard InChI is InChI=1S/C22H19ClN2O4S/c1-28-22(27)20(16-6-2-3-7-17(16)23)25-10-8-18-15(13-25)11-19(30-18)29-21(26)14-5-4-9-24-12-14/h2-7,9,11-12,20H,8,10,13H2,1H3/t20-/m0/s1. The average molecular weight is 443 g/mol. The van der Waals surface area contributed by atoms with Crippen LogP contribution < -0.4 is 4.74 Å². The quantitative estimate of drug-likeness (QED) is 0.549. The number of thiophene rings is 1. The minimum Gasteiger partial charge on any atom is -0.468 e. The van der Waals surface area contributed by atoms with E-state index in [9.17, 15) is 9.59 Å². The van der Waals surface area contributed by atoms with Crippen LogP contribution >= 0.6 is 22.9 Å². The van der Waals surface area contributed by atoms with Gasteiger partial charge in [0.25, 0.3) is 0 Å². The number of hydrogen-bond donors (Lipinski definition) is 0. The average Bonchev–Trinajstić information content (AvgIpc) is 3.17. The van der Waals surface area contributed by atoms with E-state index in [4.69, 9.17) is 21.1 Å². The Balaban J connectivity index is 1.55. The van der Waals surface area contributed by atoms with Gasteiger partial charge in [-0.2, -0.15) is 0 Å². The topological polar surface area (TPSA) is 68.7 Å². The van der Waals surface area contributed by atoms with Gasteiger partial charge in [0, 0.05) is 35.4 Å². The Morgan fingerprint density at radius 3 is 2.80 bits per heavy atom. The Morgan fingerprint density at radius 2 is 2.07 bits per heavy atom. The number of nitrogens with zero attached hydrogens (tertiary/aromatic N) is 2. The molecule has 0 unspecified atom stereocenters. The summed E-state index contributed by atoms with van der Waals surface area (Å²) in [5.74, 6) is -0.799. The first-order valence-corrected chi connectivity index (χ1v) is 10.6. The number of methoxy groups -OCH3 is 1. The van der Waals surface area contributed by atoms with Gasteiger partial charge in [0.05, 0.1) is 12.7 Å². The first kappa shape index (κ1) is 20.5. The van der Waals surface area contributed by atoms with Gasteiger partial charge in [-0.25, -0.2) is 9.59 Å². The zero-order valence-corrected chi connectivity index (χ0v) is 17.8. The maximum atomic E-state index is 12.6. The van der Waals surface area contributed by atoms with E-state index >= 15 is 0 Å². The van der Waals surface area contributed by atoms with E-state index in [1.807, 2.05) is 29.2 Å². The molecule has 4 rings (SSSR count). The van der Waals surface area contributed by atoms with Gasteiger partial charge >= 0.3 is 11.9 Å². The third-order valence-corrected chi connectivity index (χ3v) is 6.41. The summed E-state index contributed by atoms with van der Waals surface area (Å²) in [4.78, 5) is 32.0. The van der Waals surface area contributed by atoms with Crippen molar-refractivity contribution in [2.24, 2.45) is 0 Å². The number of hydrogen-bond acceptors (Lipinski definition) is 7. The summed E-state index contributed by atoms with van der Waals surface area (Å²) in [6.45, 7) is 1.19. The van der Waals surface area contributed by atoms with Crippen molar-refractivity contribution in [3.63, 3.8) is 0 Å². The highest BCUT2D eigenvalue weighted by Crippen LogP contribution is 2.38. The van der Waals surface area contributed by atoms with Crippen LogP contribution in [0.15, 0.2) is 54.9 Å². The fraction of sp³-hybridized carbons (Fsp3) is 0.227. The summed E-state index contributed by atoms with van der Waals surface area (Å²) in [7, 11) is 1.38. The lowest BCUT2D eigenvalue weighted by Crippen LogP contribution is -2.38. The van der Waals surface area contributed by atoms with E-state index in [-0.39, 0.29) is 5.97 Å². The molecule has 0 amide bonds. The van der Waals surface area contributed by atoms with Crippen molar-refractivity contribution >= 4 is 34.9 Å². The number of benzene rings is 1. The van der Waals surface area contributed by atoms with Crippen LogP contribution in [0.5, 0.6) is 5.06 Å². The molecule has 0 bridgehead atoms. The molecule has 154 valence electrons. The largest absolute Gasteiger partial charge is 0.468 e. The van der Waals surface area contributed by atoms with Crippen molar-refractivity contribution in [2.45, 2.75) is 19.0 Å². The third-order valence-electron chi connectivity index (χ3n) is 4.95. The number of ether oxygens (including phenoxy) is 2. The van der Waals surface area contributed by atoms with E-state index in [0.717, 1.165) is 16.9 Å². The Labute approximate surface area is 183 Å². The van der Waals surface area contributed by atoms with Crippen LogP contribution in [0.1, 0.15) is 32.4 Å². The highest BCUT2D eigenvalue weighted by Gasteiger charge is 2.33. The molecular formula is C22H19ClN2O4S. The zero-order chi connectivity index (χ0) is 21.1. The first-order chi connectivity index (χ1) is 14.6. The smallest absolute Gasteiger partial charge is 0.345 e. The van der Waals surface area contributed by atoms with Gasteiger partial charge < -0.3 is 9.47 Å². The van der Waals surface area contributed by atoms with Crippen LogP contribution in [-0.4, -0.2) is 35.5 Å². The molecule has 3 heterocycles. The van der Waals surface area contributed by atoms with Gasteiger partial charge in [-0.15, -0.1) is 11.3 Å². The molecular weight excluding hydrogens is 424 g/mol. The van der Waals surface area contributed by atoms with Crippen LogP contribution in [0, 0.1) is 0 Å². The summed E-state index contributed by atoms with van der Waals surface area (Å²) in [6.07, 6.45) is 3.82. The van der Waals surface area contributed by atoms with Gasteiger partial charge in [-0.1, -0.05) is 29.8 Å². The van der Waals surface area contributed by atoms with Gasteiger partial charge in [-0.3, -0.25) is 9.88 Å². The summed E-state index contributed by atoms with van der Waals surface area (Å²) in [6, 6.07) is 11.9. The number of pyridine rings is 1. The summed E-state index contributed by atoms with van der Waals surface area (Å²) >= 11 is 7.82. The minimum absolute atomic E-state index is 0.356. The Hall–Kier alpha value is -2.74. The van der Waals surface area contributed by atoms with Crippen LogP contribution in [-0.2, 0) is 22.5 Å². The van der Waals surface area contributed by atoms with Gasteiger partial charge in [0.15, 0.2) is 5.06 Å². The van der Waals surface area contributed by atoms with Crippen molar-refractivity contribution in [2.75, 3.05) is 13.7 Å². The minimum atomic E-state index is -0.599. The van der Waals surface area contributed by atoms with Crippen molar-refractivity contribution in [3.05, 3.63) is 81.4 Å². The lowest BCUT2D eigenvalue weighted by Gasteiger charge is -2.33. The number of halogens is 1. The maximum absolute atomic E-state index is 12.6. The number of fused-ring (bicyclic) bond motifs is 1. The van der Waals surface area contributed by atoms with E-state index in [1.165, 1.54) is 24.6 Å². The molecule has 8 heteroatoms. The summed E-state index contributed by atoms with van der Waals surface area (Å²) in [5.41, 5.74) is 2.14. The lowest BCUT2D eigenvalue weighted by molar-refractivity contribution is -0.147. The third kappa shape index (κ3) is 4.23. The molecule has 0 saturated heterocycles. The predicted octanol–water partition coefficient (Wildman–Crippen LogP) is 4.29. The molecule has 0 N–H and O–H groups in total. The lowest BCUT2D eigenvalue weighted by atomic mass is 10.0. The fourth-order valence-corrected chi connectivity index (χ4v) is 4.76. The van der Waals surface area contributed by atoms with Crippen molar-refractivity contribution < 1.29 is 19.1 Å². The summed E-state index contributed by atoms with van der Waals surface area (Å²) in [5, 5.41) is 1.05. The SMILES string of the molecule is COC(=O)[C@H](c1ccccc1Cl)N1CCc2sc(OC(=O)c3cccnc3)cc2C1. The van der Waals surface area contributed by atoms with Gasteiger partial charge in [0.2, 0.25) is 0 Å². The Kier molecular flexibility index (Phi) is 6.13. The molecule has 0 fully saturated rings. The molecule has 2 aromatic heterocycles. The Morgan fingerprint density at radius 1 is 1.23 bits per heavy atom. The second-order valence-corrected chi connectivity index (χ2v) is 8.32. The molecule has 1 aliphatic rings. The molecule has 0 saturated carbocycles. The zero-order valence-electron chi connectivity index (χ0n) is 16.2. The first-order valence-electron chi connectivity index (χ1n) is 9.37. The Bertz CT molecular complexity index is 1070. The molecule has 0 aliphatic carbocycles. The molecule has 0 spiro atoms. The molecule has 3 aromatic rings. The van der Waals surface area contributed by atoms with E-state index in [2.05, 4.69) is 4.98 Å².